The van der Waals surface area contributed by atoms with Crippen LogP contribution in [0.15, 0.2) is 18.2 Å². The lowest BCUT2D eigenvalue weighted by Crippen LogP contribution is -2.37. The molecule has 2 rings (SSSR count). The third-order valence-electron chi connectivity index (χ3n) is 2.85. The molecular formula is C12H13FN2OS. The number of hydrogen-bond acceptors (Lipinski definition) is 3. The highest BCUT2D eigenvalue weighted by atomic mass is 32.2. The van der Waals surface area contributed by atoms with E-state index < -0.39 is 10.8 Å². The van der Waals surface area contributed by atoms with E-state index in [0.29, 0.717) is 29.2 Å². The van der Waals surface area contributed by atoms with Gasteiger partial charge in [-0.25, -0.2) is 4.39 Å². The van der Waals surface area contributed by atoms with Crippen molar-refractivity contribution in [2.75, 3.05) is 24.6 Å². The molecule has 0 saturated carbocycles. The van der Waals surface area contributed by atoms with Gasteiger partial charge in [0.05, 0.1) is 11.6 Å². The summed E-state index contributed by atoms with van der Waals surface area (Å²) in [5, 5.41) is 8.94. The summed E-state index contributed by atoms with van der Waals surface area (Å²) >= 11 is 0. The molecule has 90 valence electrons. The molecule has 0 aromatic heterocycles. The van der Waals surface area contributed by atoms with Crippen LogP contribution >= 0.6 is 0 Å². The summed E-state index contributed by atoms with van der Waals surface area (Å²) in [5.74, 6) is 1.01. The average Bonchev–Trinajstić information content (AvgIpc) is 2.32. The first kappa shape index (κ1) is 12.2. The van der Waals surface area contributed by atoms with Gasteiger partial charge in [-0.15, -0.1) is 0 Å². The minimum Gasteiger partial charge on any atom is -0.297 e. The van der Waals surface area contributed by atoms with Crippen molar-refractivity contribution in [1.29, 1.82) is 5.26 Å². The van der Waals surface area contributed by atoms with Crippen molar-refractivity contribution in [2.45, 2.75) is 6.54 Å². The van der Waals surface area contributed by atoms with Crippen LogP contribution in [0.3, 0.4) is 0 Å². The molecule has 1 aromatic carbocycles. The van der Waals surface area contributed by atoms with Gasteiger partial charge in [-0.05, 0) is 23.8 Å². The molecule has 1 heterocycles. The molecule has 0 spiro atoms. The molecule has 1 aromatic rings. The molecule has 0 aliphatic carbocycles. The second-order valence-corrected chi connectivity index (χ2v) is 5.73. The van der Waals surface area contributed by atoms with Crippen LogP contribution in [0.25, 0.3) is 0 Å². The number of rotatable bonds is 2. The van der Waals surface area contributed by atoms with E-state index in [1.165, 1.54) is 18.2 Å². The molecule has 0 amide bonds. The minimum absolute atomic E-state index is 0.320. The van der Waals surface area contributed by atoms with Gasteiger partial charge < -0.3 is 0 Å². The van der Waals surface area contributed by atoms with Gasteiger partial charge in [-0.3, -0.25) is 9.11 Å². The van der Waals surface area contributed by atoms with Crippen molar-refractivity contribution in [3.05, 3.63) is 35.1 Å². The number of hydrogen-bond donors (Lipinski definition) is 0. The van der Waals surface area contributed by atoms with Crippen molar-refractivity contribution >= 4 is 10.8 Å². The summed E-state index contributed by atoms with van der Waals surface area (Å²) in [5.41, 5.74) is 1.22. The van der Waals surface area contributed by atoms with Crippen LogP contribution in [-0.4, -0.2) is 33.7 Å². The van der Waals surface area contributed by atoms with Crippen LogP contribution in [-0.2, 0) is 17.3 Å². The molecule has 1 aliphatic heterocycles. The summed E-state index contributed by atoms with van der Waals surface area (Å²) in [6.07, 6.45) is 0. The second kappa shape index (κ2) is 5.39. The highest BCUT2D eigenvalue weighted by Gasteiger charge is 2.16. The summed E-state index contributed by atoms with van der Waals surface area (Å²) in [4.78, 5) is 2.11. The molecule has 0 N–H and O–H groups in total. The van der Waals surface area contributed by atoms with Crippen molar-refractivity contribution in [2.24, 2.45) is 0 Å². The molecule has 0 bridgehead atoms. The fourth-order valence-electron chi connectivity index (χ4n) is 1.88. The molecule has 0 radical (unpaired) electrons. The van der Waals surface area contributed by atoms with Gasteiger partial charge in [0.15, 0.2) is 0 Å². The first-order valence-corrected chi connectivity index (χ1v) is 6.93. The van der Waals surface area contributed by atoms with Gasteiger partial charge >= 0.3 is 0 Å². The summed E-state index contributed by atoms with van der Waals surface area (Å²) < 4.78 is 24.3. The Hall–Kier alpha value is -1.25. The van der Waals surface area contributed by atoms with E-state index in [1.807, 2.05) is 0 Å². The van der Waals surface area contributed by atoms with Crippen molar-refractivity contribution in [1.82, 2.24) is 4.90 Å². The molecule has 17 heavy (non-hydrogen) atoms. The fraction of sp³-hybridized carbons (Fsp3) is 0.417. The van der Waals surface area contributed by atoms with Crippen molar-refractivity contribution in [3.8, 4) is 6.07 Å². The van der Waals surface area contributed by atoms with Crippen molar-refractivity contribution < 1.29 is 8.60 Å². The molecule has 1 fully saturated rings. The molecule has 1 aliphatic rings. The minimum atomic E-state index is -0.711. The van der Waals surface area contributed by atoms with Crippen LogP contribution in [0.5, 0.6) is 0 Å². The third kappa shape index (κ3) is 3.11. The zero-order valence-corrected chi connectivity index (χ0v) is 10.2. The monoisotopic (exact) mass is 252 g/mol. The van der Waals surface area contributed by atoms with Crippen LogP contribution in [0.1, 0.15) is 11.1 Å². The first-order valence-electron chi connectivity index (χ1n) is 5.45. The molecule has 1 saturated heterocycles. The van der Waals surface area contributed by atoms with Gasteiger partial charge in [-0.2, -0.15) is 5.26 Å². The standard InChI is InChI=1S/C12H13FN2OS/c13-12-2-1-10(8-14)11(7-12)9-15-3-5-17(16)6-4-15/h1-2,7H,3-6,9H2. The smallest absolute Gasteiger partial charge is 0.123 e. The normalized spacial score (nSPS) is 17.9. The van der Waals surface area contributed by atoms with Crippen LogP contribution in [0, 0.1) is 17.1 Å². The quantitative estimate of drug-likeness (QED) is 0.796. The average molecular weight is 252 g/mol. The Morgan fingerprint density at radius 2 is 2.12 bits per heavy atom. The number of nitrogens with zero attached hydrogens (tertiary/aromatic N) is 2. The topological polar surface area (TPSA) is 44.1 Å². The van der Waals surface area contributed by atoms with Gasteiger partial charge in [0.2, 0.25) is 0 Å². The van der Waals surface area contributed by atoms with E-state index in [2.05, 4.69) is 11.0 Å². The zero-order valence-electron chi connectivity index (χ0n) is 9.36. The first-order chi connectivity index (χ1) is 8.19. The van der Waals surface area contributed by atoms with E-state index in [4.69, 9.17) is 5.26 Å². The lowest BCUT2D eigenvalue weighted by molar-refractivity contribution is 0.291. The molecule has 3 nitrogen and oxygen atoms in total. The van der Waals surface area contributed by atoms with Crippen LogP contribution < -0.4 is 0 Å². The van der Waals surface area contributed by atoms with Gasteiger partial charge in [0.25, 0.3) is 0 Å². The molecule has 5 heteroatoms. The Kier molecular flexibility index (Phi) is 3.87. The van der Waals surface area contributed by atoms with Gasteiger partial charge in [0, 0.05) is 41.9 Å². The van der Waals surface area contributed by atoms with Crippen molar-refractivity contribution in [3.63, 3.8) is 0 Å². The number of benzene rings is 1. The fourth-order valence-corrected chi connectivity index (χ4v) is 3.00. The maximum Gasteiger partial charge on any atom is 0.123 e. The third-order valence-corrected chi connectivity index (χ3v) is 4.13. The predicted octanol–water partition coefficient (Wildman–Crippen LogP) is 1.26. The summed E-state index contributed by atoms with van der Waals surface area (Å²) in [7, 11) is -0.711. The highest BCUT2D eigenvalue weighted by molar-refractivity contribution is 7.85. The van der Waals surface area contributed by atoms with E-state index in [9.17, 15) is 8.60 Å². The van der Waals surface area contributed by atoms with E-state index in [0.717, 1.165) is 13.1 Å². The van der Waals surface area contributed by atoms with Crippen LogP contribution in [0.2, 0.25) is 0 Å². The maximum atomic E-state index is 13.1. The van der Waals surface area contributed by atoms with E-state index in [-0.39, 0.29) is 5.82 Å². The number of nitriles is 1. The summed E-state index contributed by atoms with van der Waals surface area (Å²) in [6.45, 7) is 2.04. The van der Waals surface area contributed by atoms with Gasteiger partial charge in [-0.1, -0.05) is 0 Å². The molecular weight excluding hydrogens is 239 g/mol. The Bertz CT molecular complexity index is 474. The Balaban J connectivity index is 2.10. The highest BCUT2D eigenvalue weighted by Crippen LogP contribution is 2.14. The lowest BCUT2D eigenvalue weighted by Gasteiger charge is -2.26. The maximum absolute atomic E-state index is 13.1. The largest absolute Gasteiger partial charge is 0.297 e. The Morgan fingerprint density at radius 1 is 1.41 bits per heavy atom. The Labute approximate surface area is 102 Å². The lowest BCUT2D eigenvalue weighted by atomic mass is 10.1. The SMILES string of the molecule is N#Cc1ccc(F)cc1CN1CCS(=O)CC1. The summed E-state index contributed by atoms with van der Waals surface area (Å²) in [6, 6.07) is 6.28. The zero-order chi connectivity index (χ0) is 12.3. The van der Waals surface area contributed by atoms with Gasteiger partial charge in [0.1, 0.15) is 5.82 Å². The van der Waals surface area contributed by atoms with Crippen LogP contribution in [0.4, 0.5) is 4.39 Å². The predicted molar refractivity (Wildman–Crippen MR) is 64.3 cm³/mol. The van der Waals surface area contributed by atoms with E-state index >= 15 is 0 Å². The molecule has 0 unspecified atom stereocenters. The number of halogens is 1. The molecule has 0 atom stereocenters. The Morgan fingerprint density at radius 3 is 2.76 bits per heavy atom. The second-order valence-electron chi connectivity index (χ2n) is 4.04. The van der Waals surface area contributed by atoms with E-state index in [1.54, 1.807) is 0 Å².